The highest BCUT2D eigenvalue weighted by molar-refractivity contribution is 5.71. The first kappa shape index (κ1) is 7.58. The van der Waals surface area contributed by atoms with Crippen LogP contribution in [0.1, 0.15) is 12.8 Å². The minimum Gasteiger partial charge on any atom is -0.481 e. The van der Waals surface area contributed by atoms with Gasteiger partial charge < -0.3 is 10.0 Å². The number of rotatable bonds is 1. The maximum Gasteiger partial charge on any atom is 0.308 e. The Balaban J connectivity index is 2.00. The van der Waals surface area contributed by atoms with Crippen molar-refractivity contribution in [3.05, 3.63) is 0 Å². The lowest BCUT2D eigenvalue weighted by molar-refractivity contribution is -0.143. The summed E-state index contributed by atoms with van der Waals surface area (Å²) in [4.78, 5) is 16.9. The van der Waals surface area contributed by atoms with Crippen LogP contribution in [0.2, 0.25) is 0 Å². The molecule has 2 rings (SSSR count). The van der Waals surface area contributed by atoms with Gasteiger partial charge in [-0.15, -0.1) is 0 Å². The molecule has 0 aromatic rings. The highest BCUT2D eigenvalue weighted by Gasteiger charge is 2.32. The van der Waals surface area contributed by atoms with Gasteiger partial charge in [-0.2, -0.15) is 0 Å². The fraction of sp³-hybridized carbons (Fsp3) is 0.750. The van der Waals surface area contributed by atoms with E-state index in [0.29, 0.717) is 12.6 Å². The first-order chi connectivity index (χ1) is 5.77. The average Bonchev–Trinajstić information content (AvgIpc) is 2.49. The van der Waals surface area contributed by atoms with E-state index in [1.165, 1.54) is 0 Å². The predicted octanol–water partition coefficient (Wildman–Crippen LogP) is 0.194. The average molecular weight is 168 g/mol. The van der Waals surface area contributed by atoms with Crippen LogP contribution in [0, 0.1) is 5.92 Å². The third kappa shape index (κ3) is 1.17. The van der Waals surface area contributed by atoms with Crippen molar-refractivity contribution in [1.82, 2.24) is 4.90 Å². The second-order valence-corrected chi connectivity index (χ2v) is 3.44. The minimum absolute atomic E-state index is 0.189. The molecule has 2 unspecified atom stereocenters. The van der Waals surface area contributed by atoms with Crippen molar-refractivity contribution in [2.75, 3.05) is 13.1 Å². The molecule has 1 saturated heterocycles. The van der Waals surface area contributed by atoms with Crippen LogP contribution < -0.4 is 0 Å². The molecule has 0 radical (unpaired) electrons. The monoisotopic (exact) mass is 168 g/mol. The van der Waals surface area contributed by atoms with Crippen LogP contribution in [-0.4, -0.2) is 41.4 Å². The molecule has 2 aliphatic heterocycles. The van der Waals surface area contributed by atoms with Crippen LogP contribution in [0.3, 0.4) is 0 Å². The Morgan fingerprint density at radius 1 is 1.58 bits per heavy atom. The Hall–Kier alpha value is -1.06. The van der Waals surface area contributed by atoms with Gasteiger partial charge in [0.1, 0.15) is 0 Å². The highest BCUT2D eigenvalue weighted by atomic mass is 16.4. The number of hydrogen-bond acceptors (Lipinski definition) is 3. The van der Waals surface area contributed by atoms with E-state index in [-0.39, 0.29) is 5.92 Å². The zero-order valence-electron chi connectivity index (χ0n) is 6.81. The summed E-state index contributed by atoms with van der Waals surface area (Å²) in [6, 6.07) is 0.487. The van der Waals surface area contributed by atoms with Gasteiger partial charge in [0.2, 0.25) is 0 Å². The standard InChI is InChI=1S/C8H12N2O2/c11-8(12)6-1-2-7-3-9-5-10(7)4-6/h5-7H,1-4H2,(H,11,12). The molecule has 0 aliphatic carbocycles. The first-order valence-corrected chi connectivity index (χ1v) is 4.26. The van der Waals surface area contributed by atoms with Crippen LogP contribution in [0.25, 0.3) is 0 Å². The van der Waals surface area contributed by atoms with Crippen LogP contribution in [0.4, 0.5) is 0 Å². The van der Waals surface area contributed by atoms with Crippen LogP contribution in [0.15, 0.2) is 4.99 Å². The lowest BCUT2D eigenvalue weighted by atomic mass is 9.94. The molecule has 4 nitrogen and oxygen atoms in total. The number of aliphatic imine (C=N–C) groups is 1. The number of aliphatic carboxylic acids is 1. The predicted molar refractivity (Wildman–Crippen MR) is 44.2 cm³/mol. The Morgan fingerprint density at radius 3 is 3.17 bits per heavy atom. The summed E-state index contributed by atoms with van der Waals surface area (Å²) < 4.78 is 0. The number of carbonyl (C=O) groups is 1. The number of carboxylic acids is 1. The largest absolute Gasteiger partial charge is 0.481 e. The van der Waals surface area contributed by atoms with E-state index < -0.39 is 5.97 Å². The molecular weight excluding hydrogens is 156 g/mol. The summed E-state index contributed by atoms with van der Waals surface area (Å²) in [6.45, 7) is 1.50. The molecule has 2 heterocycles. The molecule has 2 aliphatic rings. The molecule has 1 N–H and O–H groups in total. The smallest absolute Gasteiger partial charge is 0.308 e. The highest BCUT2D eigenvalue weighted by Crippen LogP contribution is 2.23. The molecule has 66 valence electrons. The van der Waals surface area contributed by atoms with Crippen molar-refractivity contribution >= 4 is 12.3 Å². The Kier molecular flexibility index (Phi) is 1.75. The Morgan fingerprint density at radius 2 is 2.42 bits per heavy atom. The van der Waals surface area contributed by atoms with Crippen LogP contribution in [-0.2, 0) is 4.79 Å². The van der Waals surface area contributed by atoms with Crippen molar-refractivity contribution < 1.29 is 9.90 Å². The third-order valence-electron chi connectivity index (χ3n) is 2.64. The molecule has 0 aromatic heterocycles. The fourth-order valence-corrected chi connectivity index (χ4v) is 1.87. The zero-order chi connectivity index (χ0) is 8.55. The topological polar surface area (TPSA) is 52.9 Å². The number of nitrogens with zero attached hydrogens (tertiary/aromatic N) is 2. The van der Waals surface area contributed by atoms with Crippen molar-refractivity contribution in [1.29, 1.82) is 0 Å². The van der Waals surface area contributed by atoms with E-state index in [2.05, 4.69) is 9.89 Å². The minimum atomic E-state index is -0.672. The first-order valence-electron chi connectivity index (χ1n) is 4.26. The lowest BCUT2D eigenvalue weighted by Crippen LogP contribution is -2.42. The molecule has 0 amide bonds. The molecule has 12 heavy (non-hydrogen) atoms. The Bertz CT molecular complexity index is 227. The molecule has 0 spiro atoms. The third-order valence-corrected chi connectivity index (χ3v) is 2.64. The summed E-state index contributed by atoms with van der Waals surface area (Å²) in [5, 5.41) is 8.79. The number of carboxylic acid groups (broad SMARTS) is 1. The van der Waals surface area contributed by atoms with E-state index in [1.54, 1.807) is 6.34 Å². The van der Waals surface area contributed by atoms with Gasteiger partial charge >= 0.3 is 5.97 Å². The second kappa shape index (κ2) is 2.77. The van der Waals surface area contributed by atoms with Crippen molar-refractivity contribution in [3.63, 3.8) is 0 Å². The maximum atomic E-state index is 10.7. The van der Waals surface area contributed by atoms with E-state index in [9.17, 15) is 4.79 Å². The van der Waals surface area contributed by atoms with Crippen LogP contribution in [0.5, 0.6) is 0 Å². The number of hydrogen-bond donors (Lipinski definition) is 1. The van der Waals surface area contributed by atoms with Gasteiger partial charge in [-0.05, 0) is 12.8 Å². The van der Waals surface area contributed by atoms with Gasteiger partial charge in [0.25, 0.3) is 0 Å². The van der Waals surface area contributed by atoms with Gasteiger partial charge in [0, 0.05) is 12.6 Å². The molecular formula is C8H12N2O2. The van der Waals surface area contributed by atoms with Crippen molar-refractivity contribution in [3.8, 4) is 0 Å². The van der Waals surface area contributed by atoms with Crippen molar-refractivity contribution in [2.24, 2.45) is 10.9 Å². The normalized spacial score (nSPS) is 33.5. The quantitative estimate of drug-likeness (QED) is 0.608. The molecule has 0 aromatic carbocycles. The number of fused-ring (bicyclic) bond motifs is 1. The summed E-state index contributed by atoms with van der Waals surface area (Å²) in [6.07, 6.45) is 3.57. The summed E-state index contributed by atoms with van der Waals surface area (Å²) in [7, 11) is 0. The van der Waals surface area contributed by atoms with Gasteiger partial charge in [-0.3, -0.25) is 9.79 Å². The summed E-state index contributed by atoms with van der Waals surface area (Å²) in [5.41, 5.74) is 0. The molecule has 0 bridgehead atoms. The van der Waals surface area contributed by atoms with Crippen molar-refractivity contribution in [2.45, 2.75) is 18.9 Å². The van der Waals surface area contributed by atoms with E-state index >= 15 is 0 Å². The number of piperidine rings is 1. The molecule has 0 saturated carbocycles. The zero-order valence-corrected chi connectivity index (χ0v) is 6.81. The second-order valence-electron chi connectivity index (χ2n) is 3.44. The molecule has 2 atom stereocenters. The van der Waals surface area contributed by atoms with Gasteiger partial charge in [-0.1, -0.05) is 0 Å². The molecule has 4 heteroatoms. The summed E-state index contributed by atoms with van der Waals surface area (Å²) >= 11 is 0. The fourth-order valence-electron chi connectivity index (χ4n) is 1.87. The summed E-state index contributed by atoms with van der Waals surface area (Å²) in [5.74, 6) is -0.862. The SMILES string of the molecule is O=C(O)C1CCC2CN=CN2C1. The van der Waals surface area contributed by atoms with Gasteiger partial charge in [-0.25, -0.2) is 0 Å². The van der Waals surface area contributed by atoms with Gasteiger partial charge in [0.05, 0.1) is 18.8 Å². The van der Waals surface area contributed by atoms with E-state index in [0.717, 1.165) is 19.4 Å². The Labute approximate surface area is 70.9 Å². The lowest BCUT2D eigenvalue weighted by Gasteiger charge is -2.32. The molecule has 1 fully saturated rings. The maximum absolute atomic E-state index is 10.7. The van der Waals surface area contributed by atoms with Gasteiger partial charge in [0.15, 0.2) is 0 Å². The van der Waals surface area contributed by atoms with Crippen LogP contribution >= 0.6 is 0 Å². The van der Waals surface area contributed by atoms with E-state index in [1.807, 2.05) is 0 Å². The van der Waals surface area contributed by atoms with E-state index in [4.69, 9.17) is 5.11 Å².